The van der Waals surface area contributed by atoms with Gasteiger partial charge in [-0.25, -0.2) is 4.79 Å². The predicted molar refractivity (Wildman–Crippen MR) is 138 cm³/mol. The lowest BCUT2D eigenvalue weighted by molar-refractivity contribution is 0.0516. The van der Waals surface area contributed by atoms with Crippen molar-refractivity contribution >= 4 is 23.7 Å². The summed E-state index contributed by atoms with van der Waals surface area (Å²) < 4.78 is 10.8. The van der Waals surface area contributed by atoms with Crippen molar-refractivity contribution in [2.75, 3.05) is 19.8 Å². The van der Waals surface area contributed by atoms with Crippen LogP contribution in [0.3, 0.4) is 0 Å². The first-order valence-corrected chi connectivity index (χ1v) is 12.9. The number of nitrogens with zero attached hydrogens (tertiary/aromatic N) is 3. The van der Waals surface area contributed by atoms with Crippen molar-refractivity contribution in [3.8, 4) is 0 Å². The molecule has 196 valence electrons. The summed E-state index contributed by atoms with van der Waals surface area (Å²) in [6.45, 7) is 5.91. The number of fused-ring (bicyclic) bond motifs is 1. The van der Waals surface area contributed by atoms with Gasteiger partial charge >= 0.3 is 6.09 Å². The maximum absolute atomic E-state index is 13.2. The number of allylic oxidation sites excluding steroid dienone is 2. The Hall–Kier alpha value is -3.53. The number of rotatable bonds is 4. The van der Waals surface area contributed by atoms with Crippen LogP contribution in [0.25, 0.3) is 0 Å². The normalized spacial score (nSPS) is 27.1. The van der Waals surface area contributed by atoms with Gasteiger partial charge in [0.25, 0.3) is 5.91 Å². The molecule has 2 amide bonds. The maximum Gasteiger partial charge on any atom is 0.410 e. The summed E-state index contributed by atoms with van der Waals surface area (Å²) in [4.78, 5) is 33.7. The van der Waals surface area contributed by atoms with E-state index in [1.54, 1.807) is 22.1 Å². The quantitative estimate of drug-likeness (QED) is 0.425. The third kappa shape index (κ3) is 5.29. The first-order valence-electron chi connectivity index (χ1n) is 12.9. The molecule has 3 aliphatic heterocycles. The van der Waals surface area contributed by atoms with E-state index in [1.165, 1.54) is 0 Å². The zero-order chi connectivity index (χ0) is 26.2. The summed E-state index contributed by atoms with van der Waals surface area (Å²) >= 11 is 0. The number of hydrogen-bond acceptors (Lipinski definition) is 7. The number of amides is 2. The Morgan fingerprint density at radius 2 is 2.11 bits per heavy atom. The maximum atomic E-state index is 13.2. The molecule has 5 rings (SSSR count). The summed E-state index contributed by atoms with van der Waals surface area (Å²) in [6.07, 6.45) is 10.2. The Labute approximate surface area is 216 Å². The molecule has 10 nitrogen and oxygen atoms in total. The second kappa shape index (κ2) is 10.1. The van der Waals surface area contributed by atoms with Crippen LogP contribution < -0.4 is 5.32 Å². The number of likely N-dealkylation sites (tertiary alicyclic amines) is 1. The van der Waals surface area contributed by atoms with E-state index < -0.39 is 5.54 Å². The van der Waals surface area contributed by atoms with Gasteiger partial charge in [-0.1, -0.05) is 18.2 Å². The van der Waals surface area contributed by atoms with Crippen LogP contribution in [0.2, 0.25) is 0 Å². The molecule has 2 fully saturated rings. The third-order valence-corrected chi connectivity index (χ3v) is 7.54. The van der Waals surface area contributed by atoms with Gasteiger partial charge in [0.05, 0.1) is 18.8 Å². The van der Waals surface area contributed by atoms with E-state index in [0.717, 1.165) is 23.1 Å². The van der Waals surface area contributed by atoms with E-state index in [1.807, 2.05) is 32.1 Å². The van der Waals surface area contributed by atoms with Gasteiger partial charge in [0.1, 0.15) is 23.5 Å². The molecule has 1 aliphatic carbocycles. The lowest BCUT2D eigenvalue weighted by atomic mass is 9.87. The second-order valence-corrected chi connectivity index (χ2v) is 10.5. The minimum Gasteiger partial charge on any atom is -0.444 e. The standard InChI is InChI=1S/C27H34N6O4/c1-17-5-6-23(28)33(17)24(29)18-4-3-9-27(2,13-18)31-25(34)22-12-20-15-32(10-7-19(20)14-30-22)26(35)37-21-8-11-36-16-21/h3-4,9,12,14,17,21,28-29H,5-8,10-11,13,15-16H2,1-2H3,(H,31,34)/t17-,21?,27?/m1/s1. The Morgan fingerprint density at radius 1 is 1.27 bits per heavy atom. The van der Waals surface area contributed by atoms with Gasteiger partial charge in [-0.15, -0.1) is 0 Å². The minimum absolute atomic E-state index is 0.121. The molecule has 0 saturated carbocycles. The molecule has 3 N–H and O–H groups in total. The molecule has 4 aliphatic rings. The molecule has 0 spiro atoms. The van der Waals surface area contributed by atoms with E-state index in [-0.39, 0.29) is 29.8 Å². The first kappa shape index (κ1) is 25.1. The highest BCUT2D eigenvalue weighted by Crippen LogP contribution is 2.29. The lowest BCUT2D eigenvalue weighted by Crippen LogP contribution is -2.48. The van der Waals surface area contributed by atoms with Crippen molar-refractivity contribution in [2.24, 2.45) is 0 Å². The number of carbonyl (C=O) groups is 2. The average Bonchev–Trinajstić information content (AvgIpc) is 3.51. The summed E-state index contributed by atoms with van der Waals surface area (Å²) in [5.74, 6) is 0.474. The van der Waals surface area contributed by atoms with Crippen molar-refractivity contribution in [3.63, 3.8) is 0 Å². The fourth-order valence-corrected chi connectivity index (χ4v) is 5.37. The van der Waals surface area contributed by atoms with Gasteiger partial charge in [-0.2, -0.15) is 0 Å². The SMILES string of the molecule is C[C@@H]1CCC(=N)N1C(=N)C1=CC=CC(C)(NC(=O)c2cc3c(cn2)CCN(C(=O)OC2CCOC2)C3)C1. The smallest absolute Gasteiger partial charge is 0.410 e. The highest BCUT2D eigenvalue weighted by atomic mass is 16.6. The van der Waals surface area contributed by atoms with E-state index >= 15 is 0 Å². The highest BCUT2D eigenvalue weighted by molar-refractivity contribution is 6.08. The summed E-state index contributed by atoms with van der Waals surface area (Å²) in [7, 11) is 0. The van der Waals surface area contributed by atoms with Crippen LogP contribution in [0.5, 0.6) is 0 Å². The molecule has 0 radical (unpaired) electrons. The summed E-state index contributed by atoms with van der Waals surface area (Å²) in [6, 6.07) is 1.88. The molecule has 2 unspecified atom stereocenters. The van der Waals surface area contributed by atoms with E-state index in [0.29, 0.717) is 63.7 Å². The molecule has 4 heterocycles. The summed E-state index contributed by atoms with van der Waals surface area (Å²) in [5.41, 5.74) is 2.28. The van der Waals surface area contributed by atoms with Crippen molar-refractivity contribution in [1.82, 2.24) is 20.1 Å². The molecule has 1 aromatic heterocycles. The van der Waals surface area contributed by atoms with Crippen LogP contribution in [-0.2, 0) is 22.4 Å². The number of amidine groups is 2. The van der Waals surface area contributed by atoms with Crippen molar-refractivity contribution in [1.29, 1.82) is 10.8 Å². The van der Waals surface area contributed by atoms with Gasteiger partial charge < -0.3 is 24.6 Å². The Morgan fingerprint density at radius 3 is 2.84 bits per heavy atom. The molecule has 0 bridgehead atoms. The van der Waals surface area contributed by atoms with Gasteiger partial charge in [0.2, 0.25) is 0 Å². The number of nitrogens with one attached hydrogen (secondary N) is 3. The molecular formula is C27H34N6O4. The second-order valence-electron chi connectivity index (χ2n) is 10.5. The fraction of sp³-hybridized carbons (Fsp3) is 0.519. The van der Waals surface area contributed by atoms with E-state index in [9.17, 15) is 9.59 Å². The van der Waals surface area contributed by atoms with Gasteiger partial charge in [-0.05, 0) is 49.5 Å². The Balaban J connectivity index is 1.23. The van der Waals surface area contributed by atoms with E-state index in [4.69, 9.17) is 20.3 Å². The topological polar surface area (TPSA) is 132 Å². The van der Waals surface area contributed by atoms with Crippen LogP contribution in [0.15, 0.2) is 36.1 Å². The van der Waals surface area contributed by atoms with Crippen LogP contribution in [-0.4, -0.2) is 75.9 Å². The monoisotopic (exact) mass is 506 g/mol. The van der Waals surface area contributed by atoms with Crippen LogP contribution in [0.1, 0.15) is 61.1 Å². The predicted octanol–water partition coefficient (Wildman–Crippen LogP) is 3.18. The molecule has 10 heteroatoms. The summed E-state index contributed by atoms with van der Waals surface area (Å²) in [5, 5.41) is 20.0. The average molecular weight is 507 g/mol. The molecular weight excluding hydrogens is 472 g/mol. The van der Waals surface area contributed by atoms with Crippen molar-refractivity contribution < 1.29 is 19.1 Å². The van der Waals surface area contributed by atoms with Crippen LogP contribution in [0.4, 0.5) is 4.79 Å². The number of aromatic nitrogens is 1. The van der Waals surface area contributed by atoms with Gasteiger partial charge in [0.15, 0.2) is 0 Å². The lowest BCUT2D eigenvalue weighted by Gasteiger charge is -2.34. The largest absolute Gasteiger partial charge is 0.444 e. The first-order chi connectivity index (χ1) is 17.7. The number of ether oxygens (including phenoxy) is 2. The molecule has 0 aromatic carbocycles. The third-order valence-electron chi connectivity index (χ3n) is 7.54. The minimum atomic E-state index is -0.699. The van der Waals surface area contributed by atoms with Crippen LogP contribution >= 0.6 is 0 Å². The van der Waals surface area contributed by atoms with Crippen molar-refractivity contribution in [2.45, 2.75) is 70.2 Å². The number of hydrogen-bond donors (Lipinski definition) is 3. The Kier molecular flexibility index (Phi) is 6.85. The zero-order valence-electron chi connectivity index (χ0n) is 21.4. The Bertz CT molecular complexity index is 1190. The molecule has 1 aromatic rings. The number of pyridine rings is 1. The zero-order valence-corrected chi connectivity index (χ0v) is 21.4. The molecule has 2 saturated heterocycles. The fourth-order valence-electron chi connectivity index (χ4n) is 5.37. The highest BCUT2D eigenvalue weighted by Gasteiger charge is 2.34. The van der Waals surface area contributed by atoms with Crippen LogP contribution in [0, 0.1) is 10.8 Å². The van der Waals surface area contributed by atoms with Gasteiger partial charge in [-0.3, -0.25) is 20.6 Å². The number of carbonyl (C=O) groups excluding carboxylic acids is 2. The van der Waals surface area contributed by atoms with E-state index in [2.05, 4.69) is 10.3 Å². The van der Waals surface area contributed by atoms with Crippen molar-refractivity contribution in [3.05, 3.63) is 52.9 Å². The molecule has 37 heavy (non-hydrogen) atoms. The molecule has 3 atom stereocenters. The van der Waals surface area contributed by atoms with Gasteiger partial charge in [0, 0.05) is 44.6 Å².